The molecular formula is C20H21NO5. The lowest BCUT2D eigenvalue weighted by Gasteiger charge is -2.13. The third kappa shape index (κ3) is 5.43. The molecule has 6 nitrogen and oxygen atoms in total. The number of terminal acetylenes is 1. The van der Waals surface area contributed by atoms with Gasteiger partial charge in [0.05, 0.1) is 13.7 Å². The molecule has 2 N–H and O–H groups in total. The molecule has 0 spiro atoms. The number of benzene rings is 2. The van der Waals surface area contributed by atoms with E-state index in [1.165, 1.54) is 7.11 Å². The van der Waals surface area contributed by atoms with Gasteiger partial charge in [0.15, 0.2) is 17.6 Å². The molecule has 0 aliphatic carbocycles. The summed E-state index contributed by atoms with van der Waals surface area (Å²) in [5.74, 6) is 3.50. The minimum atomic E-state index is -1.20. The van der Waals surface area contributed by atoms with Crippen molar-refractivity contribution >= 4 is 5.91 Å². The Morgan fingerprint density at radius 1 is 1.19 bits per heavy atom. The van der Waals surface area contributed by atoms with Crippen LogP contribution in [-0.2, 0) is 4.79 Å². The Labute approximate surface area is 152 Å². The minimum absolute atomic E-state index is 0.145. The molecule has 0 saturated carbocycles. The van der Waals surface area contributed by atoms with Gasteiger partial charge in [-0.2, -0.15) is 0 Å². The zero-order chi connectivity index (χ0) is 18.8. The van der Waals surface area contributed by atoms with Gasteiger partial charge in [-0.3, -0.25) is 4.79 Å². The average molecular weight is 355 g/mol. The first-order valence-corrected chi connectivity index (χ1v) is 8.03. The summed E-state index contributed by atoms with van der Waals surface area (Å²) in [5, 5.41) is 12.6. The van der Waals surface area contributed by atoms with E-state index in [4.69, 9.17) is 20.6 Å². The maximum Gasteiger partial charge on any atom is 0.253 e. The second-order valence-corrected chi connectivity index (χ2v) is 5.26. The molecule has 1 amide bonds. The number of rotatable bonds is 9. The van der Waals surface area contributed by atoms with E-state index in [9.17, 15) is 9.90 Å². The largest absolute Gasteiger partial charge is 0.493 e. The monoisotopic (exact) mass is 355 g/mol. The van der Waals surface area contributed by atoms with Gasteiger partial charge < -0.3 is 24.6 Å². The van der Waals surface area contributed by atoms with Crippen molar-refractivity contribution in [2.75, 3.05) is 26.9 Å². The van der Waals surface area contributed by atoms with Gasteiger partial charge in [0, 0.05) is 6.07 Å². The summed E-state index contributed by atoms with van der Waals surface area (Å²) in [4.78, 5) is 11.9. The summed E-state index contributed by atoms with van der Waals surface area (Å²) < 4.78 is 16.2. The van der Waals surface area contributed by atoms with Crippen LogP contribution >= 0.6 is 0 Å². The third-order valence-corrected chi connectivity index (χ3v) is 3.48. The van der Waals surface area contributed by atoms with Crippen molar-refractivity contribution in [3.05, 3.63) is 54.1 Å². The first kappa shape index (κ1) is 19.2. The molecule has 1 unspecified atom stereocenters. The van der Waals surface area contributed by atoms with Crippen molar-refractivity contribution in [1.29, 1.82) is 0 Å². The molecule has 1 atom stereocenters. The Morgan fingerprint density at radius 3 is 2.65 bits per heavy atom. The predicted octanol–water partition coefficient (Wildman–Crippen LogP) is 1.94. The smallest absolute Gasteiger partial charge is 0.253 e. The molecule has 0 aliphatic heterocycles. The van der Waals surface area contributed by atoms with Crippen molar-refractivity contribution in [2.24, 2.45) is 0 Å². The first-order valence-electron chi connectivity index (χ1n) is 8.03. The SMILES string of the molecule is C#CCOc1ccc(OCCNC(=O)C(O)c2ccccc2)cc1OC. The second kappa shape index (κ2) is 9.97. The highest BCUT2D eigenvalue weighted by molar-refractivity contribution is 5.81. The zero-order valence-electron chi connectivity index (χ0n) is 14.5. The van der Waals surface area contributed by atoms with Gasteiger partial charge in [-0.25, -0.2) is 0 Å². The lowest BCUT2D eigenvalue weighted by atomic mass is 10.1. The number of amides is 1. The lowest BCUT2D eigenvalue weighted by molar-refractivity contribution is -0.129. The topological polar surface area (TPSA) is 77.0 Å². The molecule has 26 heavy (non-hydrogen) atoms. The van der Waals surface area contributed by atoms with Crippen molar-refractivity contribution in [3.8, 4) is 29.6 Å². The van der Waals surface area contributed by atoms with Gasteiger partial charge in [-0.05, 0) is 17.7 Å². The number of carbonyl (C=O) groups excluding carboxylic acids is 1. The number of hydrogen-bond acceptors (Lipinski definition) is 5. The van der Waals surface area contributed by atoms with Gasteiger partial charge in [0.1, 0.15) is 19.0 Å². The average Bonchev–Trinajstić information content (AvgIpc) is 2.69. The molecule has 0 heterocycles. The highest BCUT2D eigenvalue weighted by Gasteiger charge is 2.16. The highest BCUT2D eigenvalue weighted by atomic mass is 16.5. The van der Waals surface area contributed by atoms with Crippen molar-refractivity contribution in [3.63, 3.8) is 0 Å². The van der Waals surface area contributed by atoms with Crippen LogP contribution in [0.2, 0.25) is 0 Å². The van der Waals surface area contributed by atoms with Crippen LogP contribution in [0.15, 0.2) is 48.5 Å². The van der Waals surface area contributed by atoms with Crippen LogP contribution in [0.1, 0.15) is 11.7 Å². The fourth-order valence-electron chi connectivity index (χ4n) is 2.20. The molecule has 0 aliphatic rings. The molecular weight excluding hydrogens is 334 g/mol. The van der Waals surface area contributed by atoms with E-state index in [-0.39, 0.29) is 19.8 Å². The molecule has 6 heteroatoms. The van der Waals surface area contributed by atoms with Gasteiger partial charge in [0.2, 0.25) is 0 Å². The number of ether oxygens (including phenoxy) is 3. The molecule has 2 aromatic rings. The van der Waals surface area contributed by atoms with Crippen molar-refractivity contribution in [2.45, 2.75) is 6.10 Å². The van der Waals surface area contributed by atoms with Crippen LogP contribution < -0.4 is 19.5 Å². The maximum atomic E-state index is 11.9. The minimum Gasteiger partial charge on any atom is -0.493 e. The van der Waals surface area contributed by atoms with Crippen molar-refractivity contribution < 1.29 is 24.1 Å². The summed E-state index contributed by atoms with van der Waals surface area (Å²) in [6, 6.07) is 13.8. The maximum absolute atomic E-state index is 11.9. The Kier molecular flexibility index (Phi) is 7.34. The number of aliphatic hydroxyl groups excluding tert-OH is 1. The molecule has 0 fully saturated rings. The molecule has 2 rings (SSSR count). The number of aliphatic hydroxyl groups is 1. The number of carbonyl (C=O) groups is 1. The van der Waals surface area contributed by atoms with E-state index in [0.717, 1.165) is 0 Å². The molecule has 0 radical (unpaired) electrons. The van der Waals surface area contributed by atoms with Crippen LogP contribution in [0, 0.1) is 12.3 Å². The van der Waals surface area contributed by atoms with Crippen LogP contribution in [0.4, 0.5) is 0 Å². The number of nitrogens with one attached hydrogen (secondary N) is 1. The summed E-state index contributed by atoms with van der Waals surface area (Å²) in [6.07, 6.45) is 3.96. The Hall–Kier alpha value is -3.17. The normalized spacial score (nSPS) is 11.1. The molecule has 136 valence electrons. The lowest BCUT2D eigenvalue weighted by Crippen LogP contribution is -2.32. The van der Waals surface area contributed by atoms with E-state index in [0.29, 0.717) is 22.8 Å². The van der Waals surface area contributed by atoms with E-state index >= 15 is 0 Å². The van der Waals surface area contributed by atoms with Gasteiger partial charge >= 0.3 is 0 Å². The molecule has 0 saturated heterocycles. The predicted molar refractivity (Wildman–Crippen MR) is 97.2 cm³/mol. The van der Waals surface area contributed by atoms with Crippen LogP contribution in [-0.4, -0.2) is 37.9 Å². The fourth-order valence-corrected chi connectivity index (χ4v) is 2.20. The van der Waals surface area contributed by atoms with Gasteiger partial charge in [-0.15, -0.1) is 6.42 Å². The van der Waals surface area contributed by atoms with Gasteiger partial charge in [-0.1, -0.05) is 36.3 Å². The fraction of sp³-hybridized carbons (Fsp3) is 0.250. The Bertz CT molecular complexity index is 755. The van der Waals surface area contributed by atoms with E-state index in [2.05, 4.69) is 11.2 Å². The molecule has 2 aromatic carbocycles. The van der Waals surface area contributed by atoms with E-state index < -0.39 is 12.0 Å². The van der Waals surface area contributed by atoms with Crippen molar-refractivity contribution in [1.82, 2.24) is 5.32 Å². The second-order valence-electron chi connectivity index (χ2n) is 5.26. The summed E-state index contributed by atoms with van der Waals surface area (Å²) in [7, 11) is 1.52. The van der Waals surface area contributed by atoms with Gasteiger partial charge in [0.25, 0.3) is 5.91 Å². The molecule has 0 bridgehead atoms. The summed E-state index contributed by atoms with van der Waals surface area (Å²) in [5.41, 5.74) is 0.540. The molecule has 0 aromatic heterocycles. The van der Waals surface area contributed by atoms with Crippen LogP contribution in [0.5, 0.6) is 17.2 Å². The van der Waals surface area contributed by atoms with E-state index in [1.807, 2.05) is 6.07 Å². The third-order valence-electron chi connectivity index (χ3n) is 3.48. The zero-order valence-corrected chi connectivity index (χ0v) is 14.5. The van der Waals surface area contributed by atoms with Crippen LogP contribution in [0.25, 0.3) is 0 Å². The quantitative estimate of drug-likeness (QED) is 0.531. The number of hydrogen-bond donors (Lipinski definition) is 2. The summed E-state index contributed by atoms with van der Waals surface area (Å²) in [6.45, 7) is 0.633. The highest BCUT2D eigenvalue weighted by Crippen LogP contribution is 2.31. The number of methoxy groups -OCH3 is 1. The van der Waals surface area contributed by atoms with Crippen LogP contribution in [0.3, 0.4) is 0 Å². The standard InChI is InChI=1S/C20H21NO5/c1-3-12-26-17-10-9-16(14-18(17)24-2)25-13-11-21-20(23)19(22)15-7-5-4-6-8-15/h1,4-10,14,19,22H,11-13H2,2H3,(H,21,23). The Morgan fingerprint density at radius 2 is 1.96 bits per heavy atom. The Balaban J connectivity index is 1.80. The first-order chi connectivity index (χ1) is 12.7. The van der Waals surface area contributed by atoms with E-state index in [1.54, 1.807) is 42.5 Å². The summed E-state index contributed by atoms with van der Waals surface area (Å²) >= 11 is 0.